The monoisotopic (exact) mass is 406 g/mol. The van der Waals surface area contributed by atoms with Crippen LogP contribution in [-0.4, -0.2) is 60.8 Å². The zero-order valence-corrected chi connectivity index (χ0v) is 18.0. The number of anilines is 1. The van der Waals surface area contributed by atoms with E-state index in [2.05, 4.69) is 10.3 Å². The highest BCUT2D eigenvalue weighted by Gasteiger charge is 2.22. The van der Waals surface area contributed by atoms with Gasteiger partial charge in [0, 0.05) is 6.54 Å². The summed E-state index contributed by atoms with van der Waals surface area (Å²) < 4.78 is 11.2. The number of ether oxygens (including phenoxy) is 2. The quantitative estimate of drug-likeness (QED) is 0.503. The van der Waals surface area contributed by atoms with Crippen LogP contribution in [0.1, 0.15) is 53.7 Å². The first-order valence-corrected chi connectivity index (χ1v) is 10.8. The van der Waals surface area contributed by atoms with Gasteiger partial charge in [-0.25, -0.2) is 14.8 Å². The molecule has 154 valence electrons. The Morgan fingerprint density at radius 3 is 2.71 bits per heavy atom. The molecule has 1 aliphatic carbocycles. The van der Waals surface area contributed by atoms with Crippen LogP contribution in [-0.2, 0) is 16.0 Å². The van der Waals surface area contributed by atoms with Gasteiger partial charge in [-0.1, -0.05) is 12.8 Å². The summed E-state index contributed by atoms with van der Waals surface area (Å²) in [7, 11) is 3.97. The van der Waals surface area contributed by atoms with Crippen molar-refractivity contribution < 1.29 is 14.3 Å². The third-order valence-corrected chi connectivity index (χ3v) is 5.97. The molecule has 0 amide bonds. The molecule has 8 heteroatoms. The smallest absolute Gasteiger partial charge is 0.348 e. The number of thiophene rings is 1. The van der Waals surface area contributed by atoms with E-state index in [9.17, 15) is 4.79 Å². The largest absolute Gasteiger partial charge is 0.462 e. The van der Waals surface area contributed by atoms with Crippen molar-refractivity contribution >= 4 is 33.3 Å². The summed E-state index contributed by atoms with van der Waals surface area (Å²) in [4.78, 5) is 25.1. The molecule has 0 saturated heterocycles. The van der Waals surface area contributed by atoms with Crippen LogP contribution < -0.4 is 5.32 Å². The fraction of sp³-hybridized carbons (Fsp3) is 0.650. The molecular weight excluding hydrogens is 376 g/mol. The van der Waals surface area contributed by atoms with Crippen molar-refractivity contribution in [2.75, 3.05) is 39.2 Å². The van der Waals surface area contributed by atoms with E-state index < -0.39 is 0 Å². The average molecular weight is 407 g/mol. The van der Waals surface area contributed by atoms with E-state index >= 15 is 0 Å². The molecule has 7 nitrogen and oxygen atoms in total. The number of nitrogens with one attached hydrogen (secondary N) is 1. The van der Waals surface area contributed by atoms with Gasteiger partial charge in [0.25, 0.3) is 0 Å². The van der Waals surface area contributed by atoms with E-state index in [0.29, 0.717) is 37.3 Å². The van der Waals surface area contributed by atoms with Crippen LogP contribution in [0.5, 0.6) is 0 Å². The van der Waals surface area contributed by atoms with Gasteiger partial charge in [0.1, 0.15) is 21.3 Å². The minimum Gasteiger partial charge on any atom is -0.462 e. The maximum Gasteiger partial charge on any atom is 0.348 e. The summed E-state index contributed by atoms with van der Waals surface area (Å²) >= 11 is 1.37. The Bertz CT molecular complexity index is 815. The lowest BCUT2D eigenvalue weighted by Crippen LogP contribution is -2.18. The number of carbonyl (C=O) groups excluding carboxylic acids is 1. The maximum atomic E-state index is 12.3. The Morgan fingerprint density at radius 1 is 1.29 bits per heavy atom. The number of aryl methyl sites for hydroxylation is 1. The first-order chi connectivity index (χ1) is 13.5. The van der Waals surface area contributed by atoms with Crippen LogP contribution in [0.15, 0.2) is 0 Å². The molecule has 0 spiro atoms. The zero-order chi connectivity index (χ0) is 20.1. The summed E-state index contributed by atoms with van der Waals surface area (Å²) in [5.41, 5.74) is 0.870. The van der Waals surface area contributed by atoms with Crippen molar-refractivity contribution in [3.63, 3.8) is 0 Å². The molecule has 3 rings (SSSR count). The van der Waals surface area contributed by atoms with Crippen LogP contribution in [0.25, 0.3) is 10.2 Å². The van der Waals surface area contributed by atoms with Crippen molar-refractivity contribution in [1.82, 2.24) is 14.9 Å². The second-order valence-corrected chi connectivity index (χ2v) is 8.39. The van der Waals surface area contributed by atoms with E-state index in [1.54, 1.807) is 0 Å². The van der Waals surface area contributed by atoms with Gasteiger partial charge >= 0.3 is 5.97 Å². The van der Waals surface area contributed by atoms with Crippen LogP contribution in [0.4, 0.5) is 5.82 Å². The van der Waals surface area contributed by atoms with Gasteiger partial charge in [0.05, 0.1) is 31.2 Å². The topological polar surface area (TPSA) is 76.6 Å². The Labute approximate surface area is 170 Å². The normalized spacial score (nSPS) is 14.9. The maximum absolute atomic E-state index is 12.3. The number of carbonyl (C=O) groups is 1. The van der Waals surface area contributed by atoms with Crippen LogP contribution in [0.3, 0.4) is 0 Å². The van der Waals surface area contributed by atoms with Crippen LogP contribution in [0, 0.1) is 6.92 Å². The zero-order valence-electron chi connectivity index (χ0n) is 17.2. The molecule has 2 heterocycles. The number of hydrogen-bond acceptors (Lipinski definition) is 8. The molecule has 1 saturated carbocycles. The number of fused-ring (bicyclic) bond motifs is 1. The SMILES string of the molecule is CCOC(=O)c1sc2nc(CN(C)C)nc(NCCOC3CCCC3)c2c1C. The summed E-state index contributed by atoms with van der Waals surface area (Å²) in [6.07, 6.45) is 5.26. The number of esters is 1. The third kappa shape index (κ3) is 4.98. The van der Waals surface area contributed by atoms with E-state index in [1.165, 1.54) is 24.2 Å². The van der Waals surface area contributed by atoms with Gasteiger partial charge in [-0.15, -0.1) is 11.3 Å². The molecule has 0 aromatic carbocycles. The van der Waals surface area contributed by atoms with Crippen molar-refractivity contribution in [2.24, 2.45) is 0 Å². The predicted octanol–water partition coefficient (Wildman–Crippen LogP) is 3.61. The lowest BCUT2D eigenvalue weighted by Gasteiger charge is -2.14. The highest BCUT2D eigenvalue weighted by atomic mass is 32.1. The lowest BCUT2D eigenvalue weighted by molar-refractivity contribution is 0.0531. The second-order valence-electron chi connectivity index (χ2n) is 7.39. The van der Waals surface area contributed by atoms with Gasteiger partial charge in [-0.05, 0) is 46.3 Å². The third-order valence-electron chi connectivity index (χ3n) is 4.81. The molecule has 28 heavy (non-hydrogen) atoms. The fourth-order valence-electron chi connectivity index (χ4n) is 3.51. The highest BCUT2D eigenvalue weighted by molar-refractivity contribution is 7.20. The average Bonchev–Trinajstić information content (AvgIpc) is 3.26. The fourth-order valence-corrected chi connectivity index (χ4v) is 4.60. The molecule has 1 aliphatic rings. The molecule has 0 unspecified atom stereocenters. The first kappa shape index (κ1) is 21.0. The number of aromatic nitrogens is 2. The first-order valence-electron chi connectivity index (χ1n) is 9.97. The van der Waals surface area contributed by atoms with Gasteiger partial charge in [0.15, 0.2) is 0 Å². The molecule has 1 N–H and O–H groups in total. The van der Waals surface area contributed by atoms with Crippen LogP contribution >= 0.6 is 11.3 Å². The molecule has 2 aromatic heterocycles. The van der Waals surface area contributed by atoms with E-state index in [-0.39, 0.29) is 5.97 Å². The van der Waals surface area contributed by atoms with Crippen molar-refractivity contribution in [2.45, 2.75) is 52.2 Å². The van der Waals surface area contributed by atoms with E-state index in [0.717, 1.165) is 40.3 Å². The van der Waals surface area contributed by atoms with Crippen molar-refractivity contribution in [1.29, 1.82) is 0 Å². The molecular formula is C20H30N4O3S. The van der Waals surface area contributed by atoms with E-state index in [1.807, 2.05) is 32.8 Å². The molecule has 2 aromatic rings. The molecule has 0 bridgehead atoms. The molecule has 1 fully saturated rings. The van der Waals surface area contributed by atoms with Crippen molar-refractivity contribution in [3.8, 4) is 0 Å². The summed E-state index contributed by atoms with van der Waals surface area (Å²) in [6.45, 7) is 6.05. The minimum atomic E-state index is -0.298. The summed E-state index contributed by atoms with van der Waals surface area (Å²) in [5, 5.41) is 4.31. The van der Waals surface area contributed by atoms with E-state index in [4.69, 9.17) is 14.5 Å². The molecule has 0 atom stereocenters. The predicted molar refractivity (Wildman–Crippen MR) is 112 cm³/mol. The molecule has 0 radical (unpaired) electrons. The van der Waals surface area contributed by atoms with Gasteiger partial charge in [0.2, 0.25) is 0 Å². The Balaban J connectivity index is 1.82. The van der Waals surface area contributed by atoms with Crippen molar-refractivity contribution in [3.05, 3.63) is 16.3 Å². The second kappa shape index (κ2) is 9.62. The highest BCUT2D eigenvalue weighted by Crippen LogP contribution is 2.34. The number of rotatable bonds is 9. The summed E-state index contributed by atoms with van der Waals surface area (Å²) in [5.74, 6) is 1.20. The van der Waals surface area contributed by atoms with Gasteiger partial charge < -0.3 is 19.7 Å². The number of hydrogen-bond donors (Lipinski definition) is 1. The van der Waals surface area contributed by atoms with Gasteiger partial charge in [-0.2, -0.15) is 0 Å². The van der Waals surface area contributed by atoms with Crippen LogP contribution in [0.2, 0.25) is 0 Å². The Kier molecular flexibility index (Phi) is 7.20. The molecule has 0 aliphatic heterocycles. The standard InChI is InChI=1S/C20H30N4O3S/c1-5-26-20(25)17-13(2)16-18(21-10-11-27-14-8-6-7-9-14)22-15(12-24(3)4)23-19(16)28-17/h14H,5-12H2,1-4H3,(H,21,22,23). The van der Waals surface area contributed by atoms with Gasteiger partial charge in [-0.3, -0.25) is 0 Å². The Hall–Kier alpha value is -1.77. The minimum absolute atomic E-state index is 0.298. The lowest BCUT2D eigenvalue weighted by atomic mass is 10.2. The number of nitrogens with zero attached hydrogens (tertiary/aromatic N) is 3. The summed E-state index contributed by atoms with van der Waals surface area (Å²) in [6, 6.07) is 0. The Morgan fingerprint density at radius 2 is 2.04 bits per heavy atom.